The van der Waals surface area contributed by atoms with E-state index >= 15 is 0 Å². The number of halogens is 4. The van der Waals surface area contributed by atoms with Gasteiger partial charge >= 0.3 is 6.18 Å². The molecule has 2 rings (SSSR count). The molecular weight excluding hydrogens is 290 g/mol. The van der Waals surface area contributed by atoms with Gasteiger partial charge in [0.05, 0.1) is 29.2 Å². The Morgan fingerprint density at radius 2 is 2.05 bits per heavy atom. The molecule has 1 heterocycles. The predicted molar refractivity (Wildman–Crippen MR) is 65.6 cm³/mol. The van der Waals surface area contributed by atoms with Gasteiger partial charge in [0.2, 0.25) is 5.91 Å². The smallest absolute Gasteiger partial charge is 0.369 e. The summed E-state index contributed by atoms with van der Waals surface area (Å²) in [6, 6.07) is 5.20. The van der Waals surface area contributed by atoms with Crippen molar-refractivity contribution < 1.29 is 22.4 Å². The van der Waals surface area contributed by atoms with E-state index in [0.717, 1.165) is 11.0 Å². The van der Waals surface area contributed by atoms with Crippen LogP contribution in [-0.2, 0) is 4.79 Å². The summed E-state index contributed by atoms with van der Waals surface area (Å²) in [5.41, 5.74) is 4.99. The largest absolute Gasteiger partial charge is 0.394 e. The van der Waals surface area contributed by atoms with Crippen molar-refractivity contribution in [2.24, 2.45) is 17.6 Å². The summed E-state index contributed by atoms with van der Waals surface area (Å²) >= 11 is 0. The highest BCUT2D eigenvalue weighted by Crippen LogP contribution is 2.39. The van der Waals surface area contributed by atoms with E-state index in [1.54, 1.807) is 6.07 Å². The Hall–Kier alpha value is -2.30. The van der Waals surface area contributed by atoms with E-state index in [-0.39, 0.29) is 17.8 Å². The van der Waals surface area contributed by atoms with Gasteiger partial charge < -0.3 is 10.6 Å². The van der Waals surface area contributed by atoms with Crippen molar-refractivity contribution in [3.63, 3.8) is 0 Å². The summed E-state index contributed by atoms with van der Waals surface area (Å²) < 4.78 is 52.6. The number of benzene rings is 1. The number of hydrogen-bond donors (Lipinski definition) is 1. The van der Waals surface area contributed by atoms with Gasteiger partial charge in [-0.1, -0.05) is 0 Å². The SMILES string of the molecule is N#Cc1ccc(N2C[C@@H](C(F)(F)F)[C@H](C(N)=O)C2)c(F)c1. The average Bonchev–Trinajstić information content (AvgIpc) is 2.83. The molecule has 2 N–H and O–H groups in total. The third-order valence-corrected chi connectivity index (χ3v) is 3.52. The molecule has 1 fully saturated rings. The quantitative estimate of drug-likeness (QED) is 0.847. The van der Waals surface area contributed by atoms with Crippen molar-refractivity contribution in [1.82, 2.24) is 0 Å². The first-order chi connectivity index (χ1) is 9.74. The molecule has 112 valence electrons. The van der Waals surface area contributed by atoms with Gasteiger partial charge in [-0.05, 0) is 18.2 Å². The molecule has 1 saturated heterocycles. The number of primary amides is 1. The van der Waals surface area contributed by atoms with E-state index in [4.69, 9.17) is 11.0 Å². The molecule has 1 aromatic rings. The zero-order chi connectivity index (χ0) is 15.8. The molecule has 0 saturated carbocycles. The summed E-state index contributed by atoms with van der Waals surface area (Å²) in [5.74, 6) is -5.21. The lowest BCUT2D eigenvalue weighted by Crippen LogP contribution is -2.37. The van der Waals surface area contributed by atoms with Gasteiger partial charge in [0, 0.05) is 13.1 Å². The topological polar surface area (TPSA) is 70.1 Å². The number of carbonyl (C=O) groups is 1. The molecule has 2 atom stereocenters. The highest BCUT2D eigenvalue weighted by molar-refractivity contribution is 5.79. The van der Waals surface area contributed by atoms with E-state index in [2.05, 4.69) is 0 Å². The fraction of sp³-hybridized carbons (Fsp3) is 0.385. The number of hydrogen-bond acceptors (Lipinski definition) is 3. The zero-order valence-electron chi connectivity index (χ0n) is 10.7. The molecule has 1 aliphatic rings. The van der Waals surface area contributed by atoms with Crippen molar-refractivity contribution in [1.29, 1.82) is 5.26 Å². The molecule has 4 nitrogen and oxygen atoms in total. The zero-order valence-corrected chi connectivity index (χ0v) is 10.7. The molecule has 8 heteroatoms. The number of alkyl halides is 3. The molecule has 0 radical (unpaired) electrons. The van der Waals surface area contributed by atoms with Crippen LogP contribution in [0.25, 0.3) is 0 Å². The second-order valence-electron chi connectivity index (χ2n) is 4.84. The van der Waals surface area contributed by atoms with Crippen LogP contribution in [0.5, 0.6) is 0 Å². The van der Waals surface area contributed by atoms with Crippen molar-refractivity contribution in [2.75, 3.05) is 18.0 Å². The van der Waals surface area contributed by atoms with Crippen LogP contribution >= 0.6 is 0 Å². The summed E-state index contributed by atoms with van der Waals surface area (Å²) in [6.07, 6.45) is -4.59. The molecule has 1 amide bonds. The van der Waals surface area contributed by atoms with Crippen molar-refractivity contribution in [2.45, 2.75) is 6.18 Å². The van der Waals surface area contributed by atoms with Gasteiger partial charge in [-0.2, -0.15) is 18.4 Å². The van der Waals surface area contributed by atoms with Crippen molar-refractivity contribution in [3.8, 4) is 6.07 Å². The summed E-state index contributed by atoms with van der Waals surface area (Å²) in [5, 5.41) is 8.64. The highest BCUT2D eigenvalue weighted by Gasteiger charge is 2.52. The molecule has 0 spiro atoms. The number of nitrogens with two attached hydrogens (primary N) is 1. The highest BCUT2D eigenvalue weighted by atomic mass is 19.4. The maximum atomic E-state index is 13.9. The van der Waals surface area contributed by atoms with Crippen LogP contribution in [0.3, 0.4) is 0 Å². The van der Waals surface area contributed by atoms with Crippen molar-refractivity contribution >= 4 is 11.6 Å². The van der Waals surface area contributed by atoms with Gasteiger partial charge in [0.15, 0.2) is 0 Å². The minimum absolute atomic E-state index is 0.0641. The fourth-order valence-corrected chi connectivity index (χ4v) is 2.45. The molecule has 0 aliphatic carbocycles. The minimum atomic E-state index is -4.59. The van der Waals surface area contributed by atoms with E-state index in [1.807, 2.05) is 0 Å². The lowest BCUT2D eigenvalue weighted by molar-refractivity contribution is -0.181. The van der Waals surface area contributed by atoms with Crippen molar-refractivity contribution in [3.05, 3.63) is 29.6 Å². The average molecular weight is 301 g/mol. The predicted octanol–water partition coefficient (Wildman–Crippen LogP) is 1.80. The molecular formula is C13H11F4N3O. The number of rotatable bonds is 2. The number of anilines is 1. The van der Waals surface area contributed by atoms with Gasteiger partial charge in [0.25, 0.3) is 0 Å². The Morgan fingerprint density at radius 3 is 2.48 bits per heavy atom. The Balaban J connectivity index is 2.31. The minimum Gasteiger partial charge on any atom is -0.369 e. The van der Waals surface area contributed by atoms with E-state index in [9.17, 15) is 22.4 Å². The number of amides is 1. The van der Waals surface area contributed by atoms with Crippen LogP contribution in [-0.4, -0.2) is 25.2 Å². The Morgan fingerprint density at radius 1 is 1.38 bits per heavy atom. The molecule has 1 aromatic carbocycles. The summed E-state index contributed by atoms with van der Waals surface area (Å²) in [4.78, 5) is 12.3. The van der Waals surface area contributed by atoms with Gasteiger partial charge in [0.1, 0.15) is 5.82 Å². The normalized spacial score (nSPS) is 22.1. The Bertz CT molecular complexity index is 608. The molecule has 0 unspecified atom stereocenters. The molecule has 1 aliphatic heterocycles. The van der Waals surface area contributed by atoms with E-state index in [0.29, 0.717) is 0 Å². The van der Waals surface area contributed by atoms with Crippen LogP contribution < -0.4 is 10.6 Å². The van der Waals surface area contributed by atoms with Crippen LogP contribution in [0.1, 0.15) is 5.56 Å². The Labute approximate surface area is 117 Å². The van der Waals surface area contributed by atoms with Crippen LogP contribution in [0.4, 0.5) is 23.2 Å². The number of nitriles is 1. The van der Waals surface area contributed by atoms with Gasteiger partial charge in [-0.3, -0.25) is 4.79 Å². The summed E-state index contributed by atoms with van der Waals surface area (Å²) in [7, 11) is 0. The summed E-state index contributed by atoms with van der Waals surface area (Å²) in [6.45, 7) is -0.845. The molecule has 0 aromatic heterocycles. The maximum Gasteiger partial charge on any atom is 0.394 e. The number of carbonyl (C=O) groups excluding carboxylic acids is 1. The molecule has 0 bridgehead atoms. The third kappa shape index (κ3) is 2.91. The monoisotopic (exact) mass is 301 g/mol. The van der Waals surface area contributed by atoms with Crippen LogP contribution in [0, 0.1) is 29.0 Å². The number of nitrogens with zero attached hydrogens (tertiary/aromatic N) is 2. The lowest BCUT2D eigenvalue weighted by Gasteiger charge is -2.20. The lowest BCUT2D eigenvalue weighted by atomic mass is 9.95. The Kier molecular flexibility index (Phi) is 3.77. The van der Waals surface area contributed by atoms with E-state index in [1.165, 1.54) is 12.1 Å². The maximum absolute atomic E-state index is 13.9. The first-order valence-corrected chi connectivity index (χ1v) is 6.04. The standard InChI is InChI=1S/C13H11F4N3O/c14-10-3-7(4-18)1-2-11(10)20-5-8(12(19)21)9(6-20)13(15,16)17/h1-3,8-9H,5-6H2,(H2,19,21)/t8-,9-/m1/s1. The first kappa shape index (κ1) is 15.1. The second kappa shape index (κ2) is 5.24. The van der Waals surface area contributed by atoms with Gasteiger partial charge in [-0.15, -0.1) is 0 Å². The van der Waals surface area contributed by atoms with Crippen LogP contribution in [0.2, 0.25) is 0 Å². The second-order valence-corrected chi connectivity index (χ2v) is 4.84. The fourth-order valence-electron chi connectivity index (χ4n) is 2.45. The third-order valence-electron chi connectivity index (χ3n) is 3.52. The van der Waals surface area contributed by atoms with Gasteiger partial charge in [-0.25, -0.2) is 4.39 Å². The molecule has 21 heavy (non-hydrogen) atoms. The first-order valence-electron chi connectivity index (χ1n) is 6.04. The van der Waals surface area contributed by atoms with E-state index < -0.39 is 36.3 Å². The van der Waals surface area contributed by atoms with Crippen LogP contribution in [0.15, 0.2) is 18.2 Å².